The van der Waals surface area contributed by atoms with Gasteiger partial charge in [0.1, 0.15) is 6.54 Å². The van der Waals surface area contributed by atoms with Crippen molar-refractivity contribution in [3.05, 3.63) is 23.0 Å². The summed E-state index contributed by atoms with van der Waals surface area (Å²) >= 11 is 0. The maximum Gasteiger partial charge on any atom is 0.323 e. The number of carboxylic acids is 1. The highest BCUT2D eigenvalue weighted by molar-refractivity contribution is 5.97. The second kappa shape index (κ2) is 5.07. The van der Waals surface area contributed by atoms with Crippen LogP contribution in [0.3, 0.4) is 0 Å². The average molecular weight is 264 g/mol. The summed E-state index contributed by atoms with van der Waals surface area (Å²) < 4.78 is 2.07. The molecule has 104 valence electrons. The van der Waals surface area contributed by atoms with Gasteiger partial charge in [0, 0.05) is 24.0 Å². The maximum atomic E-state index is 12.5. The van der Waals surface area contributed by atoms with Gasteiger partial charge in [-0.1, -0.05) is 0 Å². The van der Waals surface area contributed by atoms with Crippen LogP contribution in [0.25, 0.3) is 0 Å². The molecule has 5 heteroatoms. The van der Waals surface area contributed by atoms with E-state index in [1.807, 2.05) is 26.8 Å². The highest BCUT2D eigenvalue weighted by atomic mass is 16.4. The van der Waals surface area contributed by atoms with E-state index in [9.17, 15) is 9.59 Å². The van der Waals surface area contributed by atoms with Crippen molar-refractivity contribution in [3.8, 4) is 0 Å². The summed E-state index contributed by atoms with van der Waals surface area (Å²) in [7, 11) is 0. The molecule has 1 aromatic rings. The van der Waals surface area contributed by atoms with Gasteiger partial charge in [-0.25, -0.2) is 0 Å². The van der Waals surface area contributed by atoms with Crippen molar-refractivity contribution < 1.29 is 14.7 Å². The van der Waals surface area contributed by atoms with E-state index in [-0.39, 0.29) is 18.5 Å². The molecule has 0 unspecified atom stereocenters. The molecule has 0 bridgehead atoms. The zero-order valence-electron chi connectivity index (χ0n) is 11.6. The average Bonchev–Trinajstić information content (AvgIpc) is 3.12. The van der Waals surface area contributed by atoms with Crippen molar-refractivity contribution in [1.29, 1.82) is 0 Å². The molecule has 1 aromatic heterocycles. The van der Waals surface area contributed by atoms with Crippen molar-refractivity contribution >= 4 is 11.9 Å². The number of nitrogens with zero attached hydrogens (tertiary/aromatic N) is 2. The lowest BCUT2D eigenvalue weighted by Crippen LogP contribution is -2.37. The Bertz CT molecular complexity index is 515. The Morgan fingerprint density at radius 3 is 2.47 bits per heavy atom. The van der Waals surface area contributed by atoms with Gasteiger partial charge >= 0.3 is 5.97 Å². The number of aliphatic carboxylic acids is 1. The quantitative estimate of drug-likeness (QED) is 0.882. The molecule has 1 aliphatic carbocycles. The summed E-state index contributed by atoms with van der Waals surface area (Å²) in [5.41, 5.74) is 2.59. The first kappa shape index (κ1) is 13.6. The van der Waals surface area contributed by atoms with E-state index in [1.54, 1.807) is 0 Å². The normalized spacial score (nSPS) is 14.5. The molecule has 1 saturated carbocycles. The van der Waals surface area contributed by atoms with Crippen LogP contribution >= 0.6 is 0 Å². The molecule has 1 aliphatic rings. The van der Waals surface area contributed by atoms with Crippen LogP contribution in [0.2, 0.25) is 0 Å². The second-order valence-corrected chi connectivity index (χ2v) is 5.09. The van der Waals surface area contributed by atoms with Crippen molar-refractivity contribution in [3.63, 3.8) is 0 Å². The van der Waals surface area contributed by atoms with Gasteiger partial charge in [0.2, 0.25) is 0 Å². The predicted molar refractivity (Wildman–Crippen MR) is 71.3 cm³/mol. The Morgan fingerprint density at radius 2 is 2.05 bits per heavy atom. The van der Waals surface area contributed by atoms with Crippen LogP contribution in [0.4, 0.5) is 0 Å². The fourth-order valence-electron chi connectivity index (χ4n) is 2.56. The Hall–Kier alpha value is -1.78. The highest BCUT2D eigenvalue weighted by Crippen LogP contribution is 2.29. The molecular weight excluding hydrogens is 244 g/mol. The topological polar surface area (TPSA) is 62.5 Å². The van der Waals surface area contributed by atoms with Gasteiger partial charge in [0.15, 0.2) is 0 Å². The number of hydrogen-bond acceptors (Lipinski definition) is 2. The minimum atomic E-state index is -0.954. The van der Waals surface area contributed by atoms with Crippen LogP contribution in [0.1, 0.15) is 41.5 Å². The Labute approximate surface area is 112 Å². The fraction of sp³-hybridized carbons (Fsp3) is 0.571. The summed E-state index contributed by atoms with van der Waals surface area (Å²) in [6.07, 6.45) is 1.82. The smallest absolute Gasteiger partial charge is 0.323 e. The van der Waals surface area contributed by atoms with Crippen LogP contribution in [-0.2, 0) is 11.3 Å². The van der Waals surface area contributed by atoms with Crippen molar-refractivity contribution in [1.82, 2.24) is 9.47 Å². The molecule has 1 heterocycles. The summed E-state index contributed by atoms with van der Waals surface area (Å²) in [5, 5.41) is 8.93. The zero-order valence-corrected chi connectivity index (χ0v) is 11.6. The third-order valence-electron chi connectivity index (χ3n) is 3.67. The third-order valence-corrected chi connectivity index (χ3v) is 3.67. The number of hydrogen-bond donors (Lipinski definition) is 1. The standard InChI is InChI=1S/C14H20N2O3/c1-4-15-9(2)7-12(10(15)3)14(19)16(8-13(17)18)11-5-6-11/h7,11H,4-6,8H2,1-3H3,(H,17,18). The molecular formula is C14H20N2O3. The van der Waals surface area contributed by atoms with Crippen LogP contribution < -0.4 is 0 Å². The fourth-order valence-corrected chi connectivity index (χ4v) is 2.56. The lowest BCUT2D eigenvalue weighted by Gasteiger charge is -2.20. The number of aromatic nitrogens is 1. The molecule has 0 aromatic carbocycles. The van der Waals surface area contributed by atoms with E-state index in [2.05, 4.69) is 4.57 Å². The van der Waals surface area contributed by atoms with Gasteiger partial charge in [-0.05, 0) is 39.7 Å². The van der Waals surface area contributed by atoms with Crippen molar-refractivity contribution in [2.75, 3.05) is 6.54 Å². The summed E-state index contributed by atoms with van der Waals surface area (Å²) in [5.74, 6) is -1.11. The number of aryl methyl sites for hydroxylation is 1. The summed E-state index contributed by atoms with van der Waals surface area (Å²) in [6, 6.07) is 1.96. The van der Waals surface area contributed by atoms with E-state index in [4.69, 9.17) is 5.11 Å². The molecule has 0 radical (unpaired) electrons. The van der Waals surface area contributed by atoms with Crippen LogP contribution in [0.15, 0.2) is 6.07 Å². The lowest BCUT2D eigenvalue weighted by molar-refractivity contribution is -0.137. The lowest BCUT2D eigenvalue weighted by atomic mass is 10.2. The van der Waals surface area contributed by atoms with Crippen LogP contribution in [-0.4, -0.2) is 39.0 Å². The molecule has 0 spiro atoms. The number of carbonyl (C=O) groups excluding carboxylic acids is 1. The minimum absolute atomic E-state index is 0.105. The van der Waals surface area contributed by atoms with Gasteiger partial charge in [-0.2, -0.15) is 0 Å². The first-order valence-electron chi connectivity index (χ1n) is 6.65. The monoisotopic (exact) mass is 264 g/mol. The summed E-state index contributed by atoms with van der Waals surface area (Å²) in [4.78, 5) is 24.9. The van der Waals surface area contributed by atoms with E-state index in [1.165, 1.54) is 4.90 Å². The van der Waals surface area contributed by atoms with Gasteiger partial charge < -0.3 is 14.6 Å². The minimum Gasteiger partial charge on any atom is -0.480 e. The summed E-state index contributed by atoms with van der Waals surface area (Å²) in [6.45, 7) is 6.51. The highest BCUT2D eigenvalue weighted by Gasteiger charge is 2.35. The molecule has 19 heavy (non-hydrogen) atoms. The van der Waals surface area contributed by atoms with Crippen LogP contribution in [0.5, 0.6) is 0 Å². The molecule has 0 atom stereocenters. The van der Waals surface area contributed by atoms with Gasteiger partial charge in [-0.15, -0.1) is 0 Å². The zero-order chi connectivity index (χ0) is 14.2. The van der Waals surface area contributed by atoms with Crippen molar-refractivity contribution in [2.24, 2.45) is 0 Å². The van der Waals surface area contributed by atoms with Gasteiger partial charge in [0.25, 0.3) is 5.91 Å². The number of amides is 1. The number of carboxylic acid groups (broad SMARTS) is 1. The largest absolute Gasteiger partial charge is 0.480 e. The van der Waals surface area contributed by atoms with E-state index in [0.29, 0.717) is 5.56 Å². The predicted octanol–water partition coefficient (Wildman–Crippen LogP) is 1.81. The van der Waals surface area contributed by atoms with E-state index in [0.717, 1.165) is 30.8 Å². The second-order valence-electron chi connectivity index (χ2n) is 5.09. The van der Waals surface area contributed by atoms with Gasteiger partial charge in [0.05, 0.1) is 5.56 Å². The van der Waals surface area contributed by atoms with Crippen LogP contribution in [0, 0.1) is 13.8 Å². The Kier molecular flexibility index (Phi) is 3.64. The molecule has 1 N–H and O–H groups in total. The first-order valence-corrected chi connectivity index (χ1v) is 6.65. The van der Waals surface area contributed by atoms with E-state index < -0.39 is 5.97 Å². The molecule has 1 amide bonds. The number of carbonyl (C=O) groups is 2. The molecule has 1 fully saturated rings. The van der Waals surface area contributed by atoms with Gasteiger partial charge in [-0.3, -0.25) is 9.59 Å². The van der Waals surface area contributed by atoms with E-state index >= 15 is 0 Å². The molecule has 0 aliphatic heterocycles. The molecule has 2 rings (SSSR count). The first-order chi connectivity index (χ1) is 8.95. The Balaban J connectivity index is 2.29. The maximum absolute atomic E-state index is 12.5. The third kappa shape index (κ3) is 2.64. The Morgan fingerprint density at radius 1 is 1.42 bits per heavy atom. The number of rotatable bonds is 5. The van der Waals surface area contributed by atoms with Crippen molar-refractivity contribution in [2.45, 2.75) is 46.2 Å². The SMILES string of the molecule is CCn1c(C)cc(C(=O)N(CC(=O)O)C2CC2)c1C. The molecule has 0 saturated heterocycles. The molecule has 5 nitrogen and oxygen atoms in total.